The molecule has 0 atom stereocenters. The number of thioether (sulfide) groups is 1. The van der Waals surface area contributed by atoms with Gasteiger partial charge >= 0.3 is 0 Å². The van der Waals surface area contributed by atoms with Gasteiger partial charge in [0.15, 0.2) is 11.0 Å². The van der Waals surface area contributed by atoms with Crippen molar-refractivity contribution in [2.45, 2.75) is 57.1 Å². The molecule has 2 aromatic heterocycles. The van der Waals surface area contributed by atoms with Gasteiger partial charge in [-0.15, -0.1) is 10.2 Å². The first-order valence-corrected chi connectivity index (χ1v) is 12.0. The predicted molar refractivity (Wildman–Crippen MR) is 128 cm³/mol. The number of hydrogen-bond donors (Lipinski definition) is 1. The van der Waals surface area contributed by atoms with Crippen LogP contribution in [0.15, 0.2) is 59.0 Å². The minimum atomic E-state index is -0.168. The van der Waals surface area contributed by atoms with Crippen molar-refractivity contribution < 1.29 is 4.79 Å². The van der Waals surface area contributed by atoms with Gasteiger partial charge in [-0.05, 0) is 38.8 Å². The van der Waals surface area contributed by atoms with Crippen molar-refractivity contribution in [2.75, 3.05) is 5.75 Å². The van der Waals surface area contributed by atoms with Crippen LogP contribution in [0, 0.1) is 6.92 Å². The third-order valence-corrected chi connectivity index (χ3v) is 6.64. The fourth-order valence-electron chi connectivity index (χ4n) is 3.91. The number of pyridine rings is 1. The number of carbonyl (C=O) groups is 1. The van der Waals surface area contributed by atoms with E-state index in [2.05, 4.69) is 61.5 Å². The Morgan fingerprint density at radius 2 is 1.81 bits per heavy atom. The lowest BCUT2D eigenvalue weighted by Gasteiger charge is -2.25. The molecule has 0 saturated heterocycles. The summed E-state index contributed by atoms with van der Waals surface area (Å²) >= 11 is 1.41. The molecule has 0 aliphatic heterocycles. The van der Waals surface area contributed by atoms with Crippen molar-refractivity contribution in [3.63, 3.8) is 0 Å². The van der Waals surface area contributed by atoms with E-state index in [4.69, 9.17) is 0 Å². The number of nitrogens with one attached hydrogen (secondary N) is 1. The second kappa shape index (κ2) is 10.5. The molecule has 2 heterocycles. The lowest BCUT2D eigenvalue weighted by Crippen LogP contribution is -2.22. The largest absolute Gasteiger partial charge is 0.299 e. The molecule has 0 bridgehead atoms. The molecule has 1 N–H and O–H groups in total. The third kappa shape index (κ3) is 5.43. The van der Waals surface area contributed by atoms with Crippen molar-refractivity contribution in [3.8, 4) is 11.4 Å². The quantitative estimate of drug-likeness (QED) is 0.319. The van der Waals surface area contributed by atoms with Crippen molar-refractivity contribution in [1.82, 2.24) is 25.2 Å². The molecule has 0 radical (unpaired) electrons. The molecule has 1 fully saturated rings. The number of rotatable bonds is 7. The fourth-order valence-corrected chi connectivity index (χ4v) is 4.71. The Hall–Kier alpha value is -3.00. The van der Waals surface area contributed by atoms with Gasteiger partial charge in [0.2, 0.25) is 0 Å². The molecule has 32 heavy (non-hydrogen) atoms. The first-order chi connectivity index (χ1) is 15.6. The number of aromatic nitrogens is 4. The lowest BCUT2D eigenvalue weighted by atomic mass is 9.95. The van der Waals surface area contributed by atoms with E-state index in [-0.39, 0.29) is 11.7 Å². The highest BCUT2D eigenvalue weighted by atomic mass is 32.2. The zero-order chi connectivity index (χ0) is 22.3. The summed E-state index contributed by atoms with van der Waals surface area (Å²) < 4.78 is 2.24. The van der Waals surface area contributed by atoms with E-state index in [1.807, 2.05) is 19.1 Å². The van der Waals surface area contributed by atoms with Gasteiger partial charge in [-0.3, -0.25) is 14.3 Å². The van der Waals surface area contributed by atoms with Crippen LogP contribution in [0.3, 0.4) is 0 Å². The van der Waals surface area contributed by atoms with E-state index in [1.165, 1.54) is 36.6 Å². The summed E-state index contributed by atoms with van der Waals surface area (Å²) in [6, 6.07) is 12.5. The zero-order valence-electron chi connectivity index (χ0n) is 18.5. The number of hydrogen-bond acceptors (Lipinski definition) is 6. The van der Waals surface area contributed by atoms with E-state index in [0.717, 1.165) is 40.7 Å². The topological polar surface area (TPSA) is 85.1 Å². The minimum absolute atomic E-state index is 0.168. The maximum absolute atomic E-state index is 12.4. The molecule has 0 spiro atoms. The standard InChI is InChI=1S/C24H28N6OS/c1-17-8-10-20(11-9-17)23-28-29-24(30(23)21-6-4-3-5-7-21)32-16-22(31)27-26-18(2)19-12-14-25-15-13-19/h8-15,21H,3-7,16H2,1-2H3,(H,27,31)/b26-18-. The Balaban J connectivity index is 1.48. The van der Waals surface area contributed by atoms with E-state index in [0.29, 0.717) is 6.04 Å². The molecule has 1 aliphatic carbocycles. The van der Waals surface area contributed by atoms with Crippen molar-refractivity contribution >= 4 is 23.4 Å². The number of carbonyl (C=O) groups excluding carboxylic acids is 1. The van der Waals surface area contributed by atoms with Crippen LogP contribution in [-0.2, 0) is 4.79 Å². The number of hydrazone groups is 1. The number of nitrogens with zero attached hydrogens (tertiary/aromatic N) is 5. The predicted octanol–water partition coefficient (Wildman–Crippen LogP) is 4.79. The van der Waals surface area contributed by atoms with Crippen molar-refractivity contribution in [1.29, 1.82) is 0 Å². The summed E-state index contributed by atoms with van der Waals surface area (Å²) in [5.41, 5.74) is 6.58. The normalized spacial score (nSPS) is 15.0. The minimum Gasteiger partial charge on any atom is -0.299 e. The summed E-state index contributed by atoms with van der Waals surface area (Å²) in [6.45, 7) is 3.94. The maximum Gasteiger partial charge on any atom is 0.250 e. The molecular weight excluding hydrogens is 420 g/mol. The number of aryl methyl sites for hydroxylation is 1. The fraction of sp³-hybridized carbons (Fsp3) is 0.375. The first kappa shape index (κ1) is 22.2. The summed E-state index contributed by atoms with van der Waals surface area (Å²) in [5.74, 6) is 0.941. The molecule has 3 aromatic rings. The van der Waals surface area contributed by atoms with Gasteiger partial charge in [0.1, 0.15) is 0 Å². The van der Waals surface area contributed by atoms with E-state index in [9.17, 15) is 4.79 Å². The molecular formula is C24H28N6OS. The lowest BCUT2D eigenvalue weighted by molar-refractivity contribution is -0.118. The molecule has 4 rings (SSSR count). The molecule has 1 aliphatic rings. The Kier molecular flexibility index (Phi) is 7.32. The van der Waals surface area contributed by atoms with E-state index in [1.54, 1.807) is 12.4 Å². The smallest absolute Gasteiger partial charge is 0.250 e. The van der Waals surface area contributed by atoms with Crippen molar-refractivity contribution in [3.05, 3.63) is 59.9 Å². The van der Waals surface area contributed by atoms with Gasteiger partial charge in [-0.2, -0.15) is 5.10 Å². The summed E-state index contributed by atoms with van der Waals surface area (Å²) in [5, 5.41) is 14.0. The highest BCUT2D eigenvalue weighted by molar-refractivity contribution is 7.99. The Morgan fingerprint density at radius 1 is 1.09 bits per heavy atom. The first-order valence-electron chi connectivity index (χ1n) is 11.0. The second-order valence-electron chi connectivity index (χ2n) is 8.09. The third-order valence-electron chi connectivity index (χ3n) is 5.69. The molecule has 7 nitrogen and oxygen atoms in total. The van der Waals surface area contributed by atoms with Gasteiger partial charge in [0, 0.05) is 29.6 Å². The van der Waals surface area contributed by atoms with Crippen LogP contribution in [0.25, 0.3) is 11.4 Å². The Morgan fingerprint density at radius 3 is 2.53 bits per heavy atom. The molecule has 8 heteroatoms. The van der Waals surface area contributed by atoms with Crippen LogP contribution in [0.4, 0.5) is 0 Å². The highest BCUT2D eigenvalue weighted by Gasteiger charge is 2.24. The van der Waals surface area contributed by atoms with E-state index < -0.39 is 0 Å². The Labute approximate surface area is 192 Å². The van der Waals surface area contributed by atoms with Crippen molar-refractivity contribution in [2.24, 2.45) is 5.10 Å². The number of amides is 1. The van der Waals surface area contributed by atoms with Gasteiger partial charge in [-0.1, -0.05) is 60.9 Å². The van der Waals surface area contributed by atoms with Gasteiger partial charge < -0.3 is 0 Å². The monoisotopic (exact) mass is 448 g/mol. The van der Waals surface area contributed by atoms with Crippen LogP contribution < -0.4 is 5.43 Å². The molecule has 1 aromatic carbocycles. The van der Waals surface area contributed by atoms with E-state index >= 15 is 0 Å². The maximum atomic E-state index is 12.4. The molecule has 1 amide bonds. The average molecular weight is 449 g/mol. The van der Waals surface area contributed by atoms with Crippen LogP contribution in [0.5, 0.6) is 0 Å². The van der Waals surface area contributed by atoms with Gasteiger partial charge in [-0.25, -0.2) is 5.43 Å². The molecule has 166 valence electrons. The van der Waals surface area contributed by atoms with Crippen LogP contribution in [-0.4, -0.2) is 37.1 Å². The second-order valence-corrected chi connectivity index (χ2v) is 9.03. The zero-order valence-corrected chi connectivity index (χ0v) is 19.3. The highest BCUT2D eigenvalue weighted by Crippen LogP contribution is 2.35. The van der Waals surface area contributed by atoms with Crippen LogP contribution in [0.1, 0.15) is 56.2 Å². The van der Waals surface area contributed by atoms with Gasteiger partial charge in [0.25, 0.3) is 5.91 Å². The summed E-state index contributed by atoms with van der Waals surface area (Å²) in [4.78, 5) is 16.4. The van der Waals surface area contributed by atoms with Gasteiger partial charge in [0.05, 0.1) is 11.5 Å². The summed E-state index contributed by atoms with van der Waals surface area (Å²) in [6.07, 6.45) is 9.34. The molecule has 0 unspecified atom stereocenters. The number of benzene rings is 1. The summed E-state index contributed by atoms with van der Waals surface area (Å²) in [7, 11) is 0. The van der Waals surface area contributed by atoms with Crippen LogP contribution >= 0.6 is 11.8 Å². The average Bonchev–Trinajstić information content (AvgIpc) is 3.26. The van der Waals surface area contributed by atoms with Crippen LogP contribution in [0.2, 0.25) is 0 Å². The molecule has 1 saturated carbocycles. The SMILES string of the molecule is C/C(=N/NC(=O)CSc1nnc(-c2ccc(C)cc2)n1C1CCCCC1)c1ccncc1. The Bertz CT molecular complexity index is 1070.